The van der Waals surface area contributed by atoms with Crippen LogP contribution in [0.3, 0.4) is 0 Å². The highest BCUT2D eigenvalue weighted by molar-refractivity contribution is 7.09. The van der Waals surface area contributed by atoms with E-state index in [-0.39, 0.29) is 18.4 Å². The third-order valence-electron chi connectivity index (χ3n) is 4.08. The van der Waals surface area contributed by atoms with E-state index in [1.165, 1.54) is 11.3 Å². The van der Waals surface area contributed by atoms with Crippen LogP contribution in [0.4, 0.5) is 0 Å². The molecule has 0 bridgehead atoms. The van der Waals surface area contributed by atoms with Crippen LogP contribution in [0.5, 0.6) is 0 Å². The first kappa shape index (κ1) is 21.1. The van der Waals surface area contributed by atoms with Gasteiger partial charge in [-0.2, -0.15) is 0 Å². The molecule has 1 amide bonds. The number of hydrogen-bond acceptors (Lipinski definition) is 6. The summed E-state index contributed by atoms with van der Waals surface area (Å²) in [5, 5.41) is 2.32. The summed E-state index contributed by atoms with van der Waals surface area (Å²) in [6.07, 6.45) is -0.261. The minimum absolute atomic E-state index is 0.255. The topological polar surface area (TPSA) is 83.7 Å². The lowest BCUT2D eigenvalue weighted by atomic mass is 10.2. The molecule has 2 aromatic carbocycles. The third-order valence-corrected chi connectivity index (χ3v) is 4.90. The Labute approximate surface area is 174 Å². The molecular weight excluding hydrogens is 388 g/mol. The quantitative estimate of drug-likeness (QED) is 0.492. The maximum Gasteiger partial charge on any atom is 0.268 e. The number of hydrogen-bond donors (Lipinski definition) is 1. The van der Waals surface area contributed by atoms with Gasteiger partial charge in [0, 0.05) is 5.38 Å². The van der Waals surface area contributed by atoms with E-state index in [9.17, 15) is 4.79 Å². The molecule has 0 aliphatic heterocycles. The minimum atomic E-state index is -0.540. The smallest absolute Gasteiger partial charge is 0.268 e. The first-order valence-electron chi connectivity index (χ1n) is 9.30. The molecule has 1 aromatic heterocycles. The van der Waals surface area contributed by atoms with E-state index in [0.29, 0.717) is 31.4 Å². The number of amides is 1. The second kappa shape index (κ2) is 11.4. The summed E-state index contributed by atoms with van der Waals surface area (Å²) in [6, 6.07) is 19.9. The average molecular weight is 413 g/mol. The first-order valence-corrected chi connectivity index (χ1v) is 10.2. The van der Waals surface area contributed by atoms with Crippen molar-refractivity contribution in [3.8, 4) is 0 Å². The van der Waals surface area contributed by atoms with Gasteiger partial charge in [0.25, 0.3) is 5.91 Å². The van der Waals surface area contributed by atoms with Crippen molar-refractivity contribution in [3.05, 3.63) is 87.9 Å². The van der Waals surface area contributed by atoms with Crippen molar-refractivity contribution in [3.63, 3.8) is 0 Å². The minimum Gasteiger partial charge on any atom is -0.374 e. The molecule has 0 atom stereocenters. The molecule has 0 fully saturated rings. The highest BCUT2D eigenvalue weighted by atomic mass is 32.1. The van der Waals surface area contributed by atoms with Crippen LogP contribution in [-0.4, -0.2) is 30.2 Å². The molecule has 7 heteroatoms. The lowest BCUT2D eigenvalue weighted by Crippen LogP contribution is -2.25. The van der Waals surface area contributed by atoms with Crippen LogP contribution >= 0.6 is 11.3 Å². The van der Waals surface area contributed by atoms with E-state index in [1.54, 1.807) is 5.38 Å². The maximum atomic E-state index is 11.2. The van der Waals surface area contributed by atoms with Gasteiger partial charge in [-0.05, 0) is 11.1 Å². The van der Waals surface area contributed by atoms with Crippen LogP contribution in [0.1, 0.15) is 26.6 Å². The van der Waals surface area contributed by atoms with Gasteiger partial charge in [-0.1, -0.05) is 60.7 Å². The van der Waals surface area contributed by atoms with Crippen LogP contribution in [-0.2, 0) is 34.0 Å². The molecule has 152 valence electrons. The van der Waals surface area contributed by atoms with Crippen LogP contribution in [0.25, 0.3) is 0 Å². The number of aromatic nitrogens is 1. The number of primary amides is 1. The summed E-state index contributed by atoms with van der Waals surface area (Å²) in [7, 11) is 0. The monoisotopic (exact) mass is 412 g/mol. The van der Waals surface area contributed by atoms with Crippen LogP contribution in [0.2, 0.25) is 0 Å². The fourth-order valence-electron chi connectivity index (χ4n) is 2.59. The molecule has 0 radical (unpaired) electrons. The number of rotatable bonds is 12. The van der Waals surface area contributed by atoms with Crippen molar-refractivity contribution >= 4 is 17.2 Å². The Morgan fingerprint density at radius 2 is 1.45 bits per heavy atom. The number of carbonyl (C=O) groups is 1. The highest BCUT2D eigenvalue weighted by Crippen LogP contribution is 2.13. The van der Waals surface area contributed by atoms with Crippen molar-refractivity contribution in [2.24, 2.45) is 5.73 Å². The van der Waals surface area contributed by atoms with E-state index in [1.807, 2.05) is 60.7 Å². The molecule has 29 heavy (non-hydrogen) atoms. The second-order valence-corrected chi connectivity index (χ2v) is 7.37. The molecule has 0 aliphatic carbocycles. The van der Waals surface area contributed by atoms with Gasteiger partial charge in [0.15, 0.2) is 0 Å². The Morgan fingerprint density at radius 3 is 1.93 bits per heavy atom. The Kier molecular flexibility index (Phi) is 8.33. The first-order chi connectivity index (χ1) is 14.2. The molecule has 0 unspecified atom stereocenters. The molecule has 3 rings (SSSR count). The predicted molar refractivity (Wildman–Crippen MR) is 111 cm³/mol. The fourth-order valence-corrected chi connectivity index (χ4v) is 3.29. The van der Waals surface area contributed by atoms with Gasteiger partial charge in [0.2, 0.25) is 0 Å². The van der Waals surface area contributed by atoms with E-state index >= 15 is 0 Å². The zero-order valence-corrected chi connectivity index (χ0v) is 16.8. The number of nitrogens with two attached hydrogens (primary N) is 1. The summed E-state index contributed by atoms with van der Waals surface area (Å²) >= 11 is 1.34. The Hall–Kier alpha value is -2.58. The van der Waals surface area contributed by atoms with Gasteiger partial charge < -0.3 is 19.9 Å². The van der Waals surface area contributed by atoms with Crippen LogP contribution in [0, 0.1) is 0 Å². The average Bonchev–Trinajstić information content (AvgIpc) is 3.23. The third kappa shape index (κ3) is 7.40. The summed E-state index contributed by atoms with van der Waals surface area (Å²) < 4.78 is 17.6. The predicted octanol–water partition coefficient (Wildman–Crippen LogP) is 3.56. The van der Waals surface area contributed by atoms with Gasteiger partial charge in [-0.3, -0.25) is 4.79 Å². The number of carbonyl (C=O) groups excluding carboxylic acids is 1. The Bertz CT molecular complexity index is 825. The molecule has 0 spiro atoms. The van der Waals surface area contributed by atoms with Gasteiger partial charge in [-0.25, -0.2) is 4.98 Å². The van der Waals surface area contributed by atoms with Gasteiger partial charge in [0.1, 0.15) is 16.8 Å². The molecule has 2 N–H and O–H groups in total. The number of benzene rings is 2. The van der Waals surface area contributed by atoms with E-state index in [0.717, 1.165) is 11.1 Å². The summed E-state index contributed by atoms with van der Waals surface area (Å²) in [5.41, 5.74) is 7.70. The standard InChI is InChI=1S/C22H24N2O4S/c23-22(25)20-16-29-21(24-20)15-28-19(13-26-11-17-7-3-1-4-8-17)14-27-12-18-9-5-2-6-10-18/h1-10,16,19H,11-15H2,(H2,23,25). The molecule has 0 saturated heterocycles. The highest BCUT2D eigenvalue weighted by Gasteiger charge is 2.13. The van der Waals surface area contributed by atoms with Crippen LogP contribution < -0.4 is 5.73 Å². The van der Waals surface area contributed by atoms with Gasteiger partial charge >= 0.3 is 0 Å². The van der Waals surface area contributed by atoms with Gasteiger partial charge in [0.05, 0.1) is 33.0 Å². The number of thiazole rings is 1. The van der Waals surface area contributed by atoms with Crippen LogP contribution in [0.15, 0.2) is 66.0 Å². The molecular formula is C22H24N2O4S. The lowest BCUT2D eigenvalue weighted by Gasteiger charge is -2.18. The molecule has 0 aliphatic rings. The largest absolute Gasteiger partial charge is 0.374 e. The molecule has 6 nitrogen and oxygen atoms in total. The normalized spacial score (nSPS) is 11.1. The summed E-state index contributed by atoms with van der Waals surface area (Å²) in [4.78, 5) is 15.4. The maximum absolute atomic E-state index is 11.2. The Morgan fingerprint density at radius 1 is 0.897 bits per heavy atom. The zero-order valence-electron chi connectivity index (χ0n) is 16.0. The number of nitrogens with zero attached hydrogens (tertiary/aromatic N) is 1. The van der Waals surface area contributed by atoms with Gasteiger partial charge in [-0.15, -0.1) is 11.3 Å². The zero-order chi connectivity index (χ0) is 20.3. The van der Waals surface area contributed by atoms with E-state index in [2.05, 4.69) is 4.98 Å². The SMILES string of the molecule is NC(=O)c1csc(COC(COCc2ccccc2)COCc2ccccc2)n1. The molecule has 3 aromatic rings. The lowest BCUT2D eigenvalue weighted by molar-refractivity contribution is -0.0729. The van der Waals surface area contributed by atoms with Crippen molar-refractivity contribution in [2.45, 2.75) is 25.9 Å². The second-order valence-electron chi connectivity index (χ2n) is 6.43. The molecule has 1 heterocycles. The summed E-state index contributed by atoms with van der Waals surface area (Å²) in [5.74, 6) is -0.540. The molecule has 0 saturated carbocycles. The van der Waals surface area contributed by atoms with E-state index in [4.69, 9.17) is 19.9 Å². The summed E-state index contributed by atoms with van der Waals surface area (Å²) in [6.45, 7) is 2.05. The fraction of sp³-hybridized carbons (Fsp3) is 0.273. The van der Waals surface area contributed by atoms with Crippen molar-refractivity contribution in [2.75, 3.05) is 13.2 Å². The van der Waals surface area contributed by atoms with Crippen molar-refractivity contribution in [1.29, 1.82) is 0 Å². The number of ether oxygens (including phenoxy) is 3. The Balaban J connectivity index is 1.50. The van der Waals surface area contributed by atoms with E-state index < -0.39 is 5.91 Å². The van der Waals surface area contributed by atoms with Crippen molar-refractivity contribution < 1.29 is 19.0 Å². The van der Waals surface area contributed by atoms with Crippen molar-refractivity contribution in [1.82, 2.24) is 4.98 Å².